The molecule has 2 nitrogen and oxygen atoms in total. The molecular weight excluding hydrogens is 162 g/mol. The Labute approximate surface area is 73.1 Å². The normalized spacial score (nSPS) is 26.2. The van der Waals surface area contributed by atoms with Crippen LogP contribution in [0.2, 0.25) is 0 Å². The number of nitrogens with zero attached hydrogens (tertiary/aromatic N) is 1. The molecular formula is C8H16ClNO. The van der Waals surface area contributed by atoms with Crippen molar-refractivity contribution in [3.63, 3.8) is 0 Å². The van der Waals surface area contributed by atoms with Gasteiger partial charge in [-0.3, -0.25) is 0 Å². The summed E-state index contributed by atoms with van der Waals surface area (Å²) in [4.78, 5) is 2.37. The first kappa shape index (κ1) is 9.30. The zero-order valence-electron chi connectivity index (χ0n) is 6.80. The summed E-state index contributed by atoms with van der Waals surface area (Å²) in [7, 11) is 0. The number of hydrogen-bond acceptors (Lipinski definition) is 2. The highest BCUT2D eigenvalue weighted by Crippen LogP contribution is 2.18. The topological polar surface area (TPSA) is 23.5 Å². The van der Waals surface area contributed by atoms with Crippen LogP contribution in [0.1, 0.15) is 12.8 Å². The van der Waals surface area contributed by atoms with Gasteiger partial charge in [-0.05, 0) is 25.3 Å². The maximum atomic E-state index is 8.70. The summed E-state index contributed by atoms with van der Waals surface area (Å²) in [5, 5.41) is 8.70. The summed E-state index contributed by atoms with van der Waals surface area (Å²) < 4.78 is 0. The van der Waals surface area contributed by atoms with Crippen molar-refractivity contribution in [1.29, 1.82) is 0 Å². The van der Waals surface area contributed by atoms with Crippen LogP contribution in [-0.2, 0) is 0 Å². The van der Waals surface area contributed by atoms with E-state index in [1.165, 1.54) is 6.42 Å². The van der Waals surface area contributed by atoms with Gasteiger partial charge in [0.2, 0.25) is 0 Å². The third-order valence-corrected chi connectivity index (χ3v) is 2.48. The number of alkyl halides is 1. The summed E-state index contributed by atoms with van der Waals surface area (Å²) >= 11 is 5.62. The lowest BCUT2D eigenvalue weighted by atomic mass is 10.1. The van der Waals surface area contributed by atoms with Crippen LogP contribution in [0.25, 0.3) is 0 Å². The van der Waals surface area contributed by atoms with Gasteiger partial charge in [0.1, 0.15) is 0 Å². The van der Waals surface area contributed by atoms with E-state index in [2.05, 4.69) is 4.90 Å². The highest BCUT2D eigenvalue weighted by molar-refractivity contribution is 6.18. The molecule has 0 aliphatic carbocycles. The lowest BCUT2D eigenvalue weighted by Crippen LogP contribution is -2.22. The summed E-state index contributed by atoms with van der Waals surface area (Å²) in [5.41, 5.74) is 0. The van der Waals surface area contributed by atoms with Gasteiger partial charge in [0.25, 0.3) is 0 Å². The van der Waals surface area contributed by atoms with Crippen LogP contribution in [0.15, 0.2) is 0 Å². The van der Waals surface area contributed by atoms with E-state index in [1.54, 1.807) is 0 Å². The number of likely N-dealkylation sites (tertiary alicyclic amines) is 1. The van der Waals surface area contributed by atoms with Crippen LogP contribution >= 0.6 is 11.6 Å². The van der Waals surface area contributed by atoms with Gasteiger partial charge in [0.05, 0.1) is 0 Å². The van der Waals surface area contributed by atoms with E-state index in [9.17, 15) is 0 Å². The van der Waals surface area contributed by atoms with Crippen LogP contribution in [0.3, 0.4) is 0 Å². The van der Waals surface area contributed by atoms with Crippen molar-refractivity contribution in [1.82, 2.24) is 4.90 Å². The molecule has 0 aromatic rings. The number of hydrogen-bond donors (Lipinski definition) is 1. The molecule has 0 aromatic carbocycles. The van der Waals surface area contributed by atoms with E-state index < -0.39 is 0 Å². The summed E-state index contributed by atoms with van der Waals surface area (Å²) in [6.45, 7) is 3.63. The van der Waals surface area contributed by atoms with Crippen molar-refractivity contribution < 1.29 is 5.11 Å². The van der Waals surface area contributed by atoms with Crippen molar-refractivity contribution in [2.24, 2.45) is 5.92 Å². The Morgan fingerprint density at radius 1 is 1.55 bits per heavy atom. The van der Waals surface area contributed by atoms with Crippen molar-refractivity contribution >= 4 is 11.6 Å². The molecule has 0 aromatic heterocycles. The first-order valence-corrected chi connectivity index (χ1v) is 4.79. The van der Waals surface area contributed by atoms with Crippen LogP contribution in [0.5, 0.6) is 0 Å². The van der Waals surface area contributed by atoms with E-state index in [0.717, 1.165) is 31.9 Å². The van der Waals surface area contributed by atoms with E-state index in [1.807, 2.05) is 0 Å². The minimum atomic E-state index is 0.333. The van der Waals surface area contributed by atoms with Crippen LogP contribution < -0.4 is 0 Å². The predicted molar refractivity (Wildman–Crippen MR) is 47.0 cm³/mol. The van der Waals surface area contributed by atoms with E-state index in [0.29, 0.717) is 12.5 Å². The maximum Gasteiger partial charge on any atom is 0.0434 e. The number of aliphatic hydroxyl groups is 1. The second-order valence-electron chi connectivity index (χ2n) is 3.16. The molecule has 0 bridgehead atoms. The first-order chi connectivity index (χ1) is 5.36. The Balaban J connectivity index is 2.12. The minimum Gasteiger partial charge on any atom is -0.396 e. The molecule has 0 saturated carbocycles. The second-order valence-corrected chi connectivity index (χ2v) is 3.53. The van der Waals surface area contributed by atoms with Gasteiger partial charge in [0.15, 0.2) is 0 Å². The largest absolute Gasteiger partial charge is 0.396 e. The lowest BCUT2D eigenvalue weighted by Gasteiger charge is -2.13. The molecule has 1 saturated heterocycles. The highest BCUT2D eigenvalue weighted by Gasteiger charge is 2.20. The van der Waals surface area contributed by atoms with Gasteiger partial charge < -0.3 is 10.0 Å². The fourth-order valence-corrected chi connectivity index (χ4v) is 1.89. The quantitative estimate of drug-likeness (QED) is 0.646. The van der Waals surface area contributed by atoms with Crippen molar-refractivity contribution in [3.05, 3.63) is 0 Å². The van der Waals surface area contributed by atoms with E-state index in [-0.39, 0.29) is 0 Å². The molecule has 66 valence electrons. The molecule has 1 aliphatic heterocycles. The molecule has 1 rings (SSSR count). The van der Waals surface area contributed by atoms with Gasteiger partial charge in [0, 0.05) is 25.6 Å². The molecule has 1 aliphatic rings. The highest BCUT2D eigenvalue weighted by atomic mass is 35.5. The zero-order valence-corrected chi connectivity index (χ0v) is 7.56. The third-order valence-electron chi connectivity index (χ3n) is 2.31. The molecule has 1 fully saturated rings. The minimum absolute atomic E-state index is 0.333. The van der Waals surface area contributed by atoms with Crippen LogP contribution in [0.4, 0.5) is 0 Å². The molecule has 1 heterocycles. The number of rotatable bonds is 4. The van der Waals surface area contributed by atoms with Gasteiger partial charge in [-0.2, -0.15) is 0 Å². The van der Waals surface area contributed by atoms with E-state index >= 15 is 0 Å². The molecule has 0 spiro atoms. The molecule has 3 heteroatoms. The molecule has 0 amide bonds. The fourth-order valence-electron chi connectivity index (χ4n) is 1.65. The monoisotopic (exact) mass is 177 g/mol. The van der Waals surface area contributed by atoms with Gasteiger partial charge in [-0.15, -0.1) is 11.6 Å². The van der Waals surface area contributed by atoms with Gasteiger partial charge in [-0.25, -0.2) is 0 Å². The SMILES string of the molecule is OCCC1CCN(CCCl)C1. The van der Waals surface area contributed by atoms with Crippen LogP contribution in [0, 0.1) is 5.92 Å². The third kappa shape index (κ3) is 2.97. The fraction of sp³-hybridized carbons (Fsp3) is 1.00. The van der Waals surface area contributed by atoms with Crippen molar-refractivity contribution in [3.8, 4) is 0 Å². The average Bonchev–Trinajstić information content (AvgIpc) is 2.38. The molecule has 0 radical (unpaired) electrons. The van der Waals surface area contributed by atoms with Crippen molar-refractivity contribution in [2.75, 3.05) is 32.1 Å². The van der Waals surface area contributed by atoms with Crippen molar-refractivity contribution in [2.45, 2.75) is 12.8 Å². The van der Waals surface area contributed by atoms with E-state index in [4.69, 9.17) is 16.7 Å². The standard InChI is InChI=1S/C8H16ClNO/c9-3-5-10-4-1-8(7-10)2-6-11/h8,11H,1-7H2. The predicted octanol–water partition coefficient (Wildman–Crippen LogP) is 0.929. The smallest absolute Gasteiger partial charge is 0.0434 e. The Kier molecular flexibility index (Phi) is 4.20. The Bertz CT molecular complexity index is 98.3. The average molecular weight is 178 g/mol. The number of aliphatic hydroxyl groups excluding tert-OH is 1. The Morgan fingerprint density at radius 2 is 2.36 bits per heavy atom. The summed E-state index contributed by atoms with van der Waals surface area (Å²) in [5.74, 6) is 1.44. The summed E-state index contributed by atoms with van der Waals surface area (Å²) in [6.07, 6.45) is 2.19. The second kappa shape index (κ2) is 4.96. The first-order valence-electron chi connectivity index (χ1n) is 4.26. The van der Waals surface area contributed by atoms with Gasteiger partial charge in [-0.1, -0.05) is 0 Å². The number of halogens is 1. The molecule has 11 heavy (non-hydrogen) atoms. The maximum absolute atomic E-state index is 8.70. The zero-order chi connectivity index (χ0) is 8.10. The summed E-state index contributed by atoms with van der Waals surface area (Å²) in [6, 6.07) is 0. The van der Waals surface area contributed by atoms with Crippen LogP contribution in [-0.4, -0.2) is 42.1 Å². The molecule has 1 atom stereocenters. The Morgan fingerprint density at radius 3 is 3.00 bits per heavy atom. The molecule has 1 N–H and O–H groups in total. The van der Waals surface area contributed by atoms with Gasteiger partial charge >= 0.3 is 0 Å². The molecule has 1 unspecified atom stereocenters. The lowest BCUT2D eigenvalue weighted by molar-refractivity contribution is 0.253. The Hall–Kier alpha value is 0.210.